The van der Waals surface area contributed by atoms with E-state index >= 15 is 0 Å². The average molecular weight is 350 g/mol. The fraction of sp³-hybridized carbons (Fsp3) is 0.174. The van der Waals surface area contributed by atoms with Gasteiger partial charge >= 0.3 is 0 Å². The van der Waals surface area contributed by atoms with E-state index in [2.05, 4.69) is 25.1 Å². The van der Waals surface area contributed by atoms with Crippen molar-refractivity contribution >= 4 is 11.0 Å². The quantitative estimate of drug-likeness (QED) is 0.524. The monoisotopic (exact) mass is 350 g/mol. The number of aryl methyl sites for hydroxylation is 2. The second kappa shape index (κ2) is 6.07. The summed E-state index contributed by atoms with van der Waals surface area (Å²) in [5.74, 6) is 0. The molecule has 0 saturated carbocycles. The number of rotatable bonds is 2. The van der Waals surface area contributed by atoms with Crippen molar-refractivity contribution in [2.75, 3.05) is 0 Å². The van der Waals surface area contributed by atoms with E-state index in [9.17, 15) is 0 Å². The number of para-hydroxylation sites is 1. The minimum Gasteiger partial charge on any atom is -0.233 e. The second-order valence-corrected chi connectivity index (χ2v) is 6.99. The Morgan fingerprint density at radius 1 is 1.00 bits per heavy atom. The highest BCUT2D eigenvalue weighted by atomic mass is 15.3. The van der Waals surface area contributed by atoms with Gasteiger partial charge in [-0.1, -0.05) is 30.3 Å². The van der Waals surface area contributed by atoms with Gasteiger partial charge in [-0.15, -0.1) is 0 Å². The van der Waals surface area contributed by atoms with Gasteiger partial charge in [0.15, 0.2) is 5.65 Å². The predicted octanol–water partition coefficient (Wildman–Crippen LogP) is 4.76. The minimum atomic E-state index is 0.678. The van der Waals surface area contributed by atoms with Gasteiger partial charge in [-0.3, -0.25) is 0 Å². The van der Waals surface area contributed by atoms with Gasteiger partial charge in [-0.2, -0.15) is 10.4 Å². The Hall–Kier alpha value is -3.45. The van der Waals surface area contributed by atoms with Gasteiger partial charge in [-0.25, -0.2) is 9.67 Å². The maximum atomic E-state index is 9.13. The van der Waals surface area contributed by atoms with Crippen LogP contribution in [0.5, 0.6) is 0 Å². The van der Waals surface area contributed by atoms with Crippen LogP contribution in [0.25, 0.3) is 27.8 Å². The molecule has 0 aliphatic heterocycles. The zero-order valence-corrected chi connectivity index (χ0v) is 15.1. The number of nitrogens with zero attached hydrogens (tertiary/aromatic N) is 4. The summed E-state index contributed by atoms with van der Waals surface area (Å²) in [5.41, 5.74) is 8.48. The van der Waals surface area contributed by atoms with E-state index in [1.54, 1.807) is 0 Å². The highest BCUT2D eigenvalue weighted by Crippen LogP contribution is 2.39. The van der Waals surface area contributed by atoms with Crippen molar-refractivity contribution in [3.05, 3.63) is 77.1 Å². The molecule has 0 amide bonds. The van der Waals surface area contributed by atoms with Crippen molar-refractivity contribution in [2.45, 2.75) is 26.2 Å². The van der Waals surface area contributed by atoms with Crippen LogP contribution in [0.3, 0.4) is 0 Å². The van der Waals surface area contributed by atoms with Gasteiger partial charge in [-0.05, 0) is 67.1 Å². The molecule has 1 aliphatic rings. The molecule has 0 radical (unpaired) electrons. The maximum Gasteiger partial charge on any atom is 0.164 e. The van der Waals surface area contributed by atoms with Crippen LogP contribution in [0.15, 0.2) is 54.6 Å². The van der Waals surface area contributed by atoms with Gasteiger partial charge < -0.3 is 0 Å². The largest absolute Gasteiger partial charge is 0.233 e. The predicted molar refractivity (Wildman–Crippen MR) is 106 cm³/mol. The minimum absolute atomic E-state index is 0.678. The molecule has 2 heterocycles. The molecule has 0 saturated heterocycles. The molecular formula is C23H18N4. The number of hydrogen-bond donors (Lipinski definition) is 0. The topological polar surface area (TPSA) is 54.5 Å². The van der Waals surface area contributed by atoms with E-state index in [0.717, 1.165) is 47.2 Å². The molecule has 0 N–H and O–H groups in total. The Balaban J connectivity index is 1.84. The molecule has 0 spiro atoms. The molecule has 0 fully saturated rings. The molecule has 4 aromatic rings. The van der Waals surface area contributed by atoms with E-state index in [0.29, 0.717) is 5.56 Å². The molecule has 130 valence electrons. The number of fused-ring (bicyclic) bond motifs is 2. The lowest BCUT2D eigenvalue weighted by molar-refractivity contribution is 0.866. The molecule has 0 unspecified atom stereocenters. The molecule has 0 atom stereocenters. The maximum absolute atomic E-state index is 9.13. The summed E-state index contributed by atoms with van der Waals surface area (Å²) >= 11 is 0. The zero-order valence-electron chi connectivity index (χ0n) is 15.1. The first kappa shape index (κ1) is 15.8. The van der Waals surface area contributed by atoms with Crippen molar-refractivity contribution in [3.63, 3.8) is 0 Å². The van der Waals surface area contributed by atoms with Crippen LogP contribution in [-0.2, 0) is 12.8 Å². The lowest BCUT2D eigenvalue weighted by Crippen LogP contribution is -2.00. The van der Waals surface area contributed by atoms with Crippen LogP contribution >= 0.6 is 0 Å². The summed E-state index contributed by atoms with van der Waals surface area (Å²) in [6, 6.07) is 20.2. The SMILES string of the molecule is Cc1nn(-c2ccccc2)c2nc3c(c(-c4ccc(C#N)cc4)c12)CCC3. The van der Waals surface area contributed by atoms with Crippen molar-refractivity contribution < 1.29 is 0 Å². The zero-order chi connectivity index (χ0) is 18.4. The van der Waals surface area contributed by atoms with Crippen LogP contribution in [0.2, 0.25) is 0 Å². The van der Waals surface area contributed by atoms with Crippen LogP contribution in [0.4, 0.5) is 0 Å². The van der Waals surface area contributed by atoms with Crippen LogP contribution in [0.1, 0.15) is 28.9 Å². The summed E-state index contributed by atoms with van der Waals surface area (Å²) in [6.45, 7) is 2.05. The third kappa shape index (κ3) is 2.43. The standard InChI is InChI=1S/C23H18N4/c1-15-21-22(17-12-10-16(14-24)11-13-17)19-8-5-9-20(19)25-23(21)27(26-15)18-6-3-2-4-7-18/h2-4,6-7,10-13H,5,8-9H2,1H3. The van der Waals surface area contributed by atoms with E-state index < -0.39 is 0 Å². The Bertz CT molecular complexity index is 1200. The van der Waals surface area contributed by atoms with Gasteiger partial charge in [0.1, 0.15) is 0 Å². The first-order valence-corrected chi connectivity index (χ1v) is 9.23. The van der Waals surface area contributed by atoms with E-state index in [4.69, 9.17) is 15.3 Å². The molecular weight excluding hydrogens is 332 g/mol. The van der Waals surface area contributed by atoms with E-state index in [-0.39, 0.29) is 0 Å². The van der Waals surface area contributed by atoms with Gasteiger partial charge in [0.25, 0.3) is 0 Å². The fourth-order valence-electron chi connectivity index (χ4n) is 4.09. The highest BCUT2D eigenvalue weighted by molar-refractivity contribution is 5.98. The summed E-state index contributed by atoms with van der Waals surface area (Å²) in [5, 5.41) is 15.1. The molecule has 0 bridgehead atoms. The Labute approximate surface area is 157 Å². The molecule has 4 heteroatoms. The summed E-state index contributed by atoms with van der Waals surface area (Å²) in [6.07, 6.45) is 3.19. The second-order valence-electron chi connectivity index (χ2n) is 6.99. The first-order chi connectivity index (χ1) is 13.3. The molecule has 1 aliphatic carbocycles. The molecule has 2 aromatic heterocycles. The Morgan fingerprint density at radius 2 is 1.78 bits per heavy atom. The summed E-state index contributed by atoms with van der Waals surface area (Å²) in [4.78, 5) is 5.02. The number of pyridine rings is 1. The molecule has 5 rings (SSSR count). The Kier molecular flexibility index (Phi) is 3.54. The first-order valence-electron chi connectivity index (χ1n) is 9.23. The van der Waals surface area contributed by atoms with Gasteiger partial charge in [0.2, 0.25) is 0 Å². The number of benzene rings is 2. The number of aromatic nitrogens is 3. The Morgan fingerprint density at radius 3 is 2.52 bits per heavy atom. The van der Waals surface area contributed by atoms with Crippen LogP contribution in [-0.4, -0.2) is 14.8 Å². The summed E-state index contributed by atoms with van der Waals surface area (Å²) < 4.78 is 1.95. The molecule has 27 heavy (non-hydrogen) atoms. The molecule has 4 nitrogen and oxygen atoms in total. The number of hydrogen-bond acceptors (Lipinski definition) is 3. The van der Waals surface area contributed by atoms with Gasteiger partial charge in [0, 0.05) is 5.69 Å². The van der Waals surface area contributed by atoms with Crippen molar-refractivity contribution in [1.82, 2.24) is 14.8 Å². The third-order valence-electron chi connectivity index (χ3n) is 5.32. The van der Waals surface area contributed by atoms with Crippen LogP contribution in [0, 0.1) is 18.3 Å². The lowest BCUT2D eigenvalue weighted by Gasteiger charge is -2.12. The average Bonchev–Trinajstić information content (AvgIpc) is 3.32. The fourth-order valence-corrected chi connectivity index (χ4v) is 4.09. The third-order valence-corrected chi connectivity index (χ3v) is 5.32. The van der Waals surface area contributed by atoms with Crippen LogP contribution < -0.4 is 0 Å². The smallest absolute Gasteiger partial charge is 0.164 e. The van der Waals surface area contributed by atoms with Crippen molar-refractivity contribution in [2.24, 2.45) is 0 Å². The highest BCUT2D eigenvalue weighted by Gasteiger charge is 2.24. The van der Waals surface area contributed by atoms with Gasteiger partial charge in [0.05, 0.1) is 28.4 Å². The van der Waals surface area contributed by atoms with Crippen molar-refractivity contribution in [1.29, 1.82) is 5.26 Å². The molecule has 2 aromatic carbocycles. The number of nitriles is 1. The van der Waals surface area contributed by atoms with E-state index in [1.165, 1.54) is 16.8 Å². The normalized spacial score (nSPS) is 12.9. The summed E-state index contributed by atoms with van der Waals surface area (Å²) in [7, 11) is 0. The van der Waals surface area contributed by atoms with Crippen molar-refractivity contribution in [3.8, 4) is 22.9 Å². The van der Waals surface area contributed by atoms with E-state index in [1.807, 2.05) is 47.1 Å². The lowest BCUT2D eigenvalue weighted by atomic mass is 9.95.